The smallest absolute Gasteiger partial charge is 0.0714 e. The lowest BCUT2D eigenvalue weighted by molar-refractivity contribution is 0.768. The summed E-state index contributed by atoms with van der Waals surface area (Å²) in [7, 11) is 0. The monoisotopic (exact) mass is 823 g/mol. The van der Waals surface area contributed by atoms with Crippen molar-refractivity contribution in [2.75, 3.05) is 4.90 Å². The third-order valence-electron chi connectivity index (χ3n) is 12.5. The molecule has 0 fully saturated rings. The lowest BCUT2D eigenvalue weighted by Gasteiger charge is -2.35. The maximum Gasteiger partial charge on any atom is 0.0714 e. The Morgan fingerprint density at radius 1 is 0.516 bits per heavy atom. The minimum Gasteiger partial charge on any atom is -0.310 e. The van der Waals surface area contributed by atoms with E-state index in [0.717, 1.165) is 61.4 Å². The van der Waals surface area contributed by atoms with Crippen LogP contribution in [0.25, 0.3) is 33.9 Å². The summed E-state index contributed by atoms with van der Waals surface area (Å²) in [6.07, 6.45) is 0.598. The van der Waals surface area contributed by atoms with Gasteiger partial charge in [0.05, 0.1) is 12.3 Å². The Labute approximate surface area is 385 Å². The normalized spacial score (nSPS) is 17.8. The zero-order valence-electron chi connectivity index (χ0n) is 41.1. The summed E-state index contributed by atoms with van der Waals surface area (Å²) >= 11 is 0. The molecule has 9 aromatic rings. The Hall–Kier alpha value is -8.00. The van der Waals surface area contributed by atoms with Gasteiger partial charge in [0.2, 0.25) is 0 Å². The number of hydrogen-bond acceptors (Lipinski definition) is 1. The van der Waals surface area contributed by atoms with Gasteiger partial charge < -0.3 is 4.90 Å². The molecule has 2 aliphatic carbocycles. The highest BCUT2D eigenvalue weighted by Crippen LogP contribution is 2.57. The number of allylic oxidation sites excluding steroid dienone is 5. The summed E-state index contributed by atoms with van der Waals surface area (Å²) in [6, 6.07) is 76.9. The Morgan fingerprint density at radius 3 is 1.80 bits per heavy atom. The van der Waals surface area contributed by atoms with Crippen molar-refractivity contribution in [1.29, 1.82) is 0 Å². The molecule has 0 aromatic heterocycles. The zero-order valence-corrected chi connectivity index (χ0v) is 35.1. The molecule has 64 heavy (non-hydrogen) atoms. The van der Waals surface area contributed by atoms with Crippen molar-refractivity contribution in [3.05, 3.63) is 305 Å². The van der Waals surface area contributed by atoms with Crippen LogP contribution in [0.5, 0.6) is 0 Å². The molecule has 11 rings (SSSR count). The molecule has 2 unspecified atom stereocenters. The first-order valence-corrected chi connectivity index (χ1v) is 21.8. The highest BCUT2D eigenvalue weighted by atomic mass is 15.1. The van der Waals surface area contributed by atoms with Crippen LogP contribution in [-0.4, -0.2) is 0 Å². The van der Waals surface area contributed by atoms with Gasteiger partial charge in [-0.1, -0.05) is 224 Å². The highest BCUT2D eigenvalue weighted by molar-refractivity contribution is 5.93. The molecule has 0 bridgehead atoms. The van der Waals surface area contributed by atoms with E-state index in [0.29, 0.717) is 11.3 Å². The van der Waals surface area contributed by atoms with E-state index in [-0.39, 0.29) is 41.4 Å². The van der Waals surface area contributed by atoms with Crippen LogP contribution in [0.4, 0.5) is 17.1 Å². The van der Waals surface area contributed by atoms with Crippen molar-refractivity contribution >= 4 is 28.7 Å². The van der Waals surface area contributed by atoms with Gasteiger partial charge in [0.25, 0.3) is 0 Å². The molecule has 1 heteroatoms. The second-order valence-corrected chi connectivity index (χ2v) is 16.2. The van der Waals surface area contributed by atoms with E-state index in [1.807, 2.05) is 114 Å². The van der Waals surface area contributed by atoms with Crippen molar-refractivity contribution in [2.45, 2.75) is 17.7 Å². The molecule has 0 spiro atoms. The molecule has 304 valence electrons. The van der Waals surface area contributed by atoms with Crippen molar-refractivity contribution in [1.82, 2.24) is 0 Å². The molecule has 0 saturated heterocycles. The lowest BCUT2D eigenvalue weighted by Crippen LogP contribution is -2.28. The van der Waals surface area contributed by atoms with Crippen LogP contribution in [0.15, 0.2) is 266 Å². The first-order valence-electron chi connectivity index (χ1n) is 24.9. The third-order valence-corrected chi connectivity index (χ3v) is 12.5. The Bertz CT molecular complexity index is 3440. The largest absolute Gasteiger partial charge is 0.310 e. The molecule has 9 aromatic carbocycles. The van der Waals surface area contributed by atoms with Crippen LogP contribution in [0.3, 0.4) is 0 Å². The minimum atomic E-state index is -1.31. The van der Waals surface area contributed by atoms with Crippen LogP contribution in [0.1, 0.15) is 59.5 Å². The summed E-state index contributed by atoms with van der Waals surface area (Å²) in [5.41, 5.74) is 13.0. The molecule has 2 aliphatic rings. The molecule has 0 N–H and O–H groups in total. The maximum absolute atomic E-state index is 9.84. The quantitative estimate of drug-likeness (QED) is 0.124. The summed E-state index contributed by atoms with van der Waals surface area (Å²) in [6.45, 7) is 0. The van der Waals surface area contributed by atoms with Gasteiger partial charge in [-0.2, -0.15) is 0 Å². The Morgan fingerprint density at radius 2 is 1.09 bits per heavy atom. The predicted molar refractivity (Wildman–Crippen MR) is 269 cm³/mol. The van der Waals surface area contributed by atoms with Gasteiger partial charge in [-0.25, -0.2) is 0 Å². The standard InChI is InChI=1S/C63H47N/c1-6-18-46(19-7-1)44-60(51-22-10-3-11-23-51)52-32-30-48(31-33-52)50-36-40-56(41-37-50)64(55-38-34-49(35-39-55)47-20-8-2-9-21-47)57-42-43-59-58-28-16-17-29-61(58)63(62(59)45-57,53-24-12-4-13-25-53)54-26-14-5-15-27-54/h1-30,32-45,48H,31H2/b60-44+/i30D,31D,32D,33D,36D,41D. The second-order valence-electron chi connectivity index (χ2n) is 16.2. The first kappa shape index (κ1) is 32.7. The summed E-state index contributed by atoms with van der Waals surface area (Å²) < 4.78 is 57.5. The van der Waals surface area contributed by atoms with Gasteiger partial charge in [-0.3, -0.25) is 0 Å². The van der Waals surface area contributed by atoms with Crippen LogP contribution in [0.2, 0.25) is 0 Å². The van der Waals surface area contributed by atoms with E-state index in [4.69, 9.17) is 0 Å². The topological polar surface area (TPSA) is 3.24 Å². The highest BCUT2D eigenvalue weighted by Gasteiger charge is 2.46. The number of rotatable bonds is 10. The Balaban J connectivity index is 1.07. The van der Waals surface area contributed by atoms with Crippen LogP contribution in [-0.2, 0) is 5.41 Å². The number of hydrogen-bond donors (Lipinski definition) is 0. The van der Waals surface area contributed by atoms with Crippen molar-refractivity contribution < 1.29 is 8.22 Å². The fourth-order valence-corrected chi connectivity index (χ4v) is 9.47. The third kappa shape index (κ3) is 7.12. The predicted octanol–water partition coefficient (Wildman–Crippen LogP) is 16.4. The number of anilines is 3. The van der Waals surface area contributed by atoms with Crippen molar-refractivity contribution in [3.63, 3.8) is 0 Å². The second kappa shape index (κ2) is 17.0. The van der Waals surface area contributed by atoms with Gasteiger partial charge in [0.15, 0.2) is 0 Å². The van der Waals surface area contributed by atoms with Crippen molar-refractivity contribution in [3.8, 4) is 22.3 Å². The lowest BCUT2D eigenvalue weighted by atomic mass is 9.67. The minimum absolute atomic E-state index is 0.0209. The average molecular weight is 824 g/mol. The van der Waals surface area contributed by atoms with E-state index in [1.54, 1.807) is 12.1 Å². The molecular formula is C63H47N. The molecule has 2 atom stereocenters. The van der Waals surface area contributed by atoms with Crippen LogP contribution in [0, 0.1) is 0 Å². The fraction of sp³-hybridized carbons (Fsp3) is 0.0476. The number of fused-ring (bicyclic) bond motifs is 3. The summed E-state index contributed by atoms with van der Waals surface area (Å²) in [5.74, 6) is -1.11. The van der Waals surface area contributed by atoms with Crippen LogP contribution >= 0.6 is 0 Å². The molecule has 1 nitrogen and oxygen atoms in total. The van der Waals surface area contributed by atoms with E-state index in [1.165, 1.54) is 5.56 Å². The van der Waals surface area contributed by atoms with E-state index >= 15 is 0 Å². The van der Waals surface area contributed by atoms with Gasteiger partial charge in [0.1, 0.15) is 0 Å². The van der Waals surface area contributed by atoms with Crippen LogP contribution < -0.4 is 4.90 Å². The SMILES string of the molecule is [2H]C1=C([2H])C(c2cc([2H])c(N(c3ccc(-c4ccccc4)cc3)c3ccc4c(c3)C(c3ccccc3)(c3ccccc3)c3ccccc3-4)cc2[2H])C([2H])C([2H])=C1/C(=C/c1ccccc1)c1ccccc1. The molecule has 0 heterocycles. The van der Waals surface area contributed by atoms with E-state index < -0.39 is 17.7 Å². The molecule has 0 amide bonds. The first-order chi connectivity index (χ1) is 34.2. The van der Waals surface area contributed by atoms with E-state index in [2.05, 4.69) is 115 Å². The molecule has 0 radical (unpaired) electrons. The molecular weight excluding hydrogens is 771 g/mol. The van der Waals surface area contributed by atoms with Gasteiger partial charge in [-0.05, 0) is 121 Å². The maximum atomic E-state index is 9.84. The van der Waals surface area contributed by atoms with E-state index in [9.17, 15) is 8.22 Å². The van der Waals surface area contributed by atoms with Gasteiger partial charge in [0, 0.05) is 24.4 Å². The summed E-state index contributed by atoms with van der Waals surface area (Å²) in [5, 5.41) is 0. The molecule has 0 saturated carbocycles. The summed E-state index contributed by atoms with van der Waals surface area (Å²) in [4.78, 5) is 2.03. The number of benzene rings is 9. The Kier molecular flexibility index (Phi) is 8.70. The van der Waals surface area contributed by atoms with Gasteiger partial charge >= 0.3 is 0 Å². The van der Waals surface area contributed by atoms with Crippen molar-refractivity contribution in [2.24, 2.45) is 0 Å². The average Bonchev–Trinajstić information content (AvgIpc) is 3.71. The molecule has 0 aliphatic heterocycles. The number of nitrogens with zero attached hydrogens (tertiary/aromatic N) is 1. The van der Waals surface area contributed by atoms with Gasteiger partial charge in [-0.15, -0.1) is 0 Å². The fourth-order valence-electron chi connectivity index (χ4n) is 9.47. The zero-order chi connectivity index (χ0) is 47.9.